The number of anilines is 1. The highest BCUT2D eigenvalue weighted by atomic mass is 16.6. The van der Waals surface area contributed by atoms with Gasteiger partial charge in [-0.2, -0.15) is 0 Å². The van der Waals surface area contributed by atoms with Crippen LogP contribution in [0.2, 0.25) is 0 Å². The fourth-order valence-electron chi connectivity index (χ4n) is 4.12. The molecule has 5 nitrogen and oxygen atoms in total. The summed E-state index contributed by atoms with van der Waals surface area (Å²) in [4.78, 5) is 23.8. The lowest BCUT2D eigenvalue weighted by Crippen LogP contribution is -2.20. The summed E-state index contributed by atoms with van der Waals surface area (Å²) in [5, 5.41) is 3.60. The minimum Gasteiger partial charge on any atom is -0.466 e. The monoisotopic (exact) mass is 475 g/mol. The molecule has 2 atom stereocenters. The number of esters is 2. The van der Waals surface area contributed by atoms with Crippen LogP contribution in [0.1, 0.15) is 128 Å². The SMILES string of the molecule is CCCCCCCCCCCCCC(CC)Nc1ccc(C(=O)OC(C)CC(=O)OCC)cc1. The largest absolute Gasteiger partial charge is 0.466 e. The van der Waals surface area contributed by atoms with Crippen molar-refractivity contribution in [1.29, 1.82) is 0 Å². The van der Waals surface area contributed by atoms with Crippen molar-refractivity contribution in [3.63, 3.8) is 0 Å². The summed E-state index contributed by atoms with van der Waals surface area (Å²) in [7, 11) is 0. The Morgan fingerprint density at radius 3 is 1.91 bits per heavy atom. The maximum Gasteiger partial charge on any atom is 0.338 e. The number of ether oxygens (including phenoxy) is 2. The van der Waals surface area contributed by atoms with Gasteiger partial charge in [0.15, 0.2) is 0 Å². The van der Waals surface area contributed by atoms with Gasteiger partial charge in [-0.25, -0.2) is 4.79 Å². The Morgan fingerprint density at radius 2 is 1.38 bits per heavy atom. The quantitative estimate of drug-likeness (QED) is 0.152. The van der Waals surface area contributed by atoms with Crippen LogP contribution in [0, 0.1) is 0 Å². The molecule has 0 aliphatic heterocycles. The van der Waals surface area contributed by atoms with Crippen LogP contribution in [0.3, 0.4) is 0 Å². The van der Waals surface area contributed by atoms with E-state index in [1.807, 2.05) is 12.1 Å². The molecule has 1 rings (SSSR count). The molecule has 0 bridgehead atoms. The van der Waals surface area contributed by atoms with Crippen LogP contribution < -0.4 is 5.32 Å². The molecule has 2 unspecified atom stereocenters. The zero-order valence-electron chi connectivity index (χ0n) is 22.2. The summed E-state index contributed by atoms with van der Waals surface area (Å²) in [6, 6.07) is 7.85. The molecule has 0 aliphatic carbocycles. The molecular formula is C29H49NO4. The van der Waals surface area contributed by atoms with Crippen LogP contribution in [0.4, 0.5) is 5.69 Å². The Balaban J connectivity index is 2.25. The molecule has 1 aromatic carbocycles. The molecule has 0 saturated heterocycles. The molecule has 0 amide bonds. The van der Waals surface area contributed by atoms with Crippen LogP contribution in [-0.2, 0) is 14.3 Å². The van der Waals surface area contributed by atoms with E-state index in [9.17, 15) is 9.59 Å². The van der Waals surface area contributed by atoms with Crippen molar-refractivity contribution < 1.29 is 19.1 Å². The van der Waals surface area contributed by atoms with Gasteiger partial charge in [0.2, 0.25) is 0 Å². The second-order valence-corrected chi connectivity index (χ2v) is 9.38. The number of rotatable bonds is 20. The van der Waals surface area contributed by atoms with Crippen LogP contribution in [0.25, 0.3) is 0 Å². The number of carbonyl (C=O) groups excluding carboxylic acids is 2. The molecule has 1 N–H and O–H groups in total. The van der Waals surface area contributed by atoms with Gasteiger partial charge in [-0.1, -0.05) is 84.5 Å². The molecule has 0 saturated carbocycles. The minimum atomic E-state index is -0.514. The smallest absolute Gasteiger partial charge is 0.338 e. The first kappa shape index (κ1) is 30.0. The molecule has 0 radical (unpaired) electrons. The number of hydrogen-bond donors (Lipinski definition) is 1. The van der Waals surface area contributed by atoms with Gasteiger partial charge in [0, 0.05) is 11.7 Å². The first-order valence-electron chi connectivity index (χ1n) is 13.7. The third kappa shape index (κ3) is 14.3. The molecule has 1 aromatic rings. The second-order valence-electron chi connectivity index (χ2n) is 9.38. The zero-order chi connectivity index (χ0) is 25.0. The van der Waals surface area contributed by atoms with Gasteiger partial charge in [-0.05, 0) is 51.0 Å². The minimum absolute atomic E-state index is 0.0659. The van der Waals surface area contributed by atoms with Crippen LogP contribution in [0.15, 0.2) is 24.3 Å². The van der Waals surface area contributed by atoms with Crippen LogP contribution in [0.5, 0.6) is 0 Å². The Hall–Kier alpha value is -2.04. The zero-order valence-corrected chi connectivity index (χ0v) is 22.2. The number of carbonyl (C=O) groups is 2. The Morgan fingerprint density at radius 1 is 0.824 bits per heavy atom. The van der Waals surface area contributed by atoms with E-state index in [4.69, 9.17) is 9.47 Å². The molecule has 0 aromatic heterocycles. The van der Waals surface area contributed by atoms with Gasteiger partial charge < -0.3 is 14.8 Å². The molecule has 0 spiro atoms. The highest BCUT2D eigenvalue weighted by Gasteiger charge is 2.16. The van der Waals surface area contributed by atoms with E-state index in [1.165, 1.54) is 77.0 Å². The van der Waals surface area contributed by atoms with Crippen molar-refractivity contribution >= 4 is 17.6 Å². The first-order valence-corrected chi connectivity index (χ1v) is 13.7. The van der Waals surface area contributed by atoms with Crippen molar-refractivity contribution in [2.45, 2.75) is 130 Å². The van der Waals surface area contributed by atoms with E-state index in [-0.39, 0.29) is 12.4 Å². The standard InChI is InChI=1S/C29H49NO4/c1-5-8-9-10-11-12-13-14-15-16-17-18-26(6-2)30-27-21-19-25(20-22-27)29(32)34-24(4)23-28(31)33-7-3/h19-22,24,26,30H,5-18,23H2,1-4H3. The third-order valence-electron chi connectivity index (χ3n) is 6.21. The number of hydrogen-bond acceptors (Lipinski definition) is 5. The highest BCUT2D eigenvalue weighted by Crippen LogP contribution is 2.18. The van der Waals surface area contributed by atoms with E-state index < -0.39 is 12.1 Å². The van der Waals surface area contributed by atoms with Crippen LogP contribution in [-0.4, -0.2) is 30.7 Å². The molecule has 0 fully saturated rings. The lowest BCUT2D eigenvalue weighted by molar-refractivity contribution is -0.145. The van der Waals surface area contributed by atoms with Gasteiger partial charge in [0.05, 0.1) is 18.6 Å². The van der Waals surface area contributed by atoms with E-state index >= 15 is 0 Å². The Bertz CT molecular complexity index is 659. The highest BCUT2D eigenvalue weighted by molar-refractivity contribution is 5.90. The van der Waals surface area contributed by atoms with Gasteiger partial charge in [0.1, 0.15) is 6.10 Å². The summed E-state index contributed by atoms with van der Waals surface area (Å²) in [6.07, 6.45) is 16.8. The number of benzene rings is 1. The van der Waals surface area contributed by atoms with Crippen molar-refractivity contribution in [3.8, 4) is 0 Å². The van der Waals surface area contributed by atoms with Gasteiger partial charge in [0.25, 0.3) is 0 Å². The van der Waals surface area contributed by atoms with Gasteiger partial charge in [-0.15, -0.1) is 0 Å². The normalized spacial score (nSPS) is 12.7. The average Bonchev–Trinajstić information content (AvgIpc) is 2.82. The lowest BCUT2D eigenvalue weighted by Gasteiger charge is -2.18. The molecule has 0 heterocycles. The lowest BCUT2D eigenvalue weighted by atomic mass is 10.0. The van der Waals surface area contributed by atoms with Gasteiger partial charge >= 0.3 is 11.9 Å². The fraction of sp³-hybridized carbons (Fsp3) is 0.724. The Kier molecular flexibility index (Phi) is 17.0. The predicted octanol–water partition coefficient (Wildman–Crippen LogP) is 8.08. The molecule has 0 aliphatic rings. The summed E-state index contributed by atoms with van der Waals surface area (Å²) < 4.78 is 10.3. The topological polar surface area (TPSA) is 64.6 Å². The summed E-state index contributed by atoms with van der Waals surface area (Å²) >= 11 is 0. The molecule has 5 heteroatoms. The van der Waals surface area contributed by atoms with E-state index in [2.05, 4.69) is 19.2 Å². The third-order valence-corrected chi connectivity index (χ3v) is 6.21. The van der Waals surface area contributed by atoms with Crippen molar-refractivity contribution in [3.05, 3.63) is 29.8 Å². The number of nitrogens with one attached hydrogen (secondary N) is 1. The maximum atomic E-state index is 12.3. The summed E-state index contributed by atoms with van der Waals surface area (Å²) in [5.74, 6) is -0.776. The van der Waals surface area contributed by atoms with E-state index in [0.29, 0.717) is 18.2 Å². The fourth-order valence-corrected chi connectivity index (χ4v) is 4.12. The average molecular weight is 476 g/mol. The van der Waals surface area contributed by atoms with Crippen molar-refractivity contribution in [2.75, 3.05) is 11.9 Å². The van der Waals surface area contributed by atoms with E-state index in [0.717, 1.165) is 12.1 Å². The molecule has 34 heavy (non-hydrogen) atoms. The van der Waals surface area contributed by atoms with Gasteiger partial charge in [-0.3, -0.25) is 4.79 Å². The van der Waals surface area contributed by atoms with E-state index in [1.54, 1.807) is 26.0 Å². The Labute approximate surface area is 208 Å². The second kappa shape index (κ2) is 19.3. The summed E-state index contributed by atoms with van der Waals surface area (Å²) in [5.41, 5.74) is 1.51. The number of unbranched alkanes of at least 4 members (excludes halogenated alkanes) is 10. The first-order chi connectivity index (χ1) is 16.5. The molecule has 194 valence electrons. The van der Waals surface area contributed by atoms with Crippen molar-refractivity contribution in [1.82, 2.24) is 0 Å². The van der Waals surface area contributed by atoms with Crippen molar-refractivity contribution in [2.24, 2.45) is 0 Å². The van der Waals surface area contributed by atoms with Crippen LogP contribution >= 0.6 is 0 Å². The molecular weight excluding hydrogens is 426 g/mol. The predicted molar refractivity (Wildman–Crippen MR) is 141 cm³/mol. The maximum absolute atomic E-state index is 12.3. The summed E-state index contributed by atoms with van der Waals surface area (Å²) in [6.45, 7) is 8.27.